The Bertz CT molecular complexity index is 238. The van der Waals surface area contributed by atoms with Crippen molar-refractivity contribution in [2.75, 3.05) is 7.05 Å². The molecule has 0 aromatic rings. The molecule has 0 aromatic heterocycles. The SMILES string of the molecule is CN=C(C)/C=C1\SSC=C1C. The molecule has 0 saturated heterocycles. The smallest absolute Gasteiger partial charge is 0.0325 e. The molecule has 0 unspecified atom stereocenters. The number of rotatable bonds is 1. The van der Waals surface area contributed by atoms with Crippen LogP contribution < -0.4 is 0 Å². The minimum Gasteiger partial charge on any atom is -0.293 e. The van der Waals surface area contributed by atoms with E-state index in [1.807, 2.05) is 14.0 Å². The highest BCUT2D eigenvalue weighted by Gasteiger charge is 2.07. The Morgan fingerprint density at radius 2 is 2.36 bits per heavy atom. The quantitative estimate of drug-likeness (QED) is 0.459. The Hall–Kier alpha value is -0.150. The third-order valence-corrected chi connectivity index (χ3v) is 3.73. The Morgan fingerprint density at radius 1 is 1.64 bits per heavy atom. The molecule has 3 heteroatoms. The molecule has 0 amide bonds. The maximum Gasteiger partial charge on any atom is 0.0325 e. The van der Waals surface area contributed by atoms with Crippen molar-refractivity contribution in [1.82, 2.24) is 0 Å². The summed E-state index contributed by atoms with van der Waals surface area (Å²) in [5.41, 5.74) is 2.44. The van der Waals surface area contributed by atoms with Gasteiger partial charge in [0.05, 0.1) is 0 Å². The lowest BCUT2D eigenvalue weighted by Crippen LogP contribution is -1.85. The van der Waals surface area contributed by atoms with Gasteiger partial charge >= 0.3 is 0 Å². The summed E-state index contributed by atoms with van der Waals surface area (Å²) in [5.74, 6) is 0. The Morgan fingerprint density at radius 3 is 2.82 bits per heavy atom. The van der Waals surface area contributed by atoms with Gasteiger partial charge in [-0.1, -0.05) is 21.6 Å². The number of nitrogens with zero attached hydrogens (tertiary/aromatic N) is 1. The van der Waals surface area contributed by atoms with E-state index in [0.29, 0.717) is 0 Å². The molecular formula is C8H11NS2. The first-order valence-electron chi connectivity index (χ1n) is 3.39. The maximum atomic E-state index is 4.08. The van der Waals surface area contributed by atoms with Crippen LogP contribution in [0, 0.1) is 0 Å². The highest BCUT2D eigenvalue weighted by Crippen LogP contribution is 2.43. The normalized spacial score (nSPS) is 22.6. The highest BCUT2D eigenvalue weighted by molar-refractivity contribution is 8.79. The molecule has 0 bridgehead atoms. The largest absolute Gasteiger partial charge is 0.293 e. The first-order valence-corrected chi connectivity index (χ1v) is 5.61. The fourth-order valence-corrected chi connectivity index (χ4v) is 3.00. The Kier molecular flexibility index (Phi) is 3.27. The van der Waals surface area contributed by atoms with E-state index in [2.05, 4.69) is 23.4 Å². The summed E-state index contributed by atoms with van der Waals surface area (Å²) in [4.78, 5) is 5.41. The van der Waals surface area contributed by atoms with Crippen LogP contribution in [-0.4, -0.2) is 12.8 Å². The molecule has 1 rings (SSSR count). The number of hydrogen-bond donors (Lipinski definition) is 0. The molecule has 1 aliphatic heterocycles. The molecule has 11 heavy (non-hydrogen) atoms. The average Bonchev–Trinajstić information content (AvgIpc) is 2.37. The van der Waals surface area contributed by atoms with E-state index in [4.69, 9.17) is 0 Å². The molecule has 0 spiro atoms. The van der Waals surface area contributed by atoms with Crippen molar-refractivity contribution >= 4 is 27.3 Å². The van der Waals surface area contributed by atoms with Crippen LogP contribution in [0.3, 0.4) is 0 Å². The minimum absolute atomic E-state index is 1.09. The lowest BCUT2D eigenvalue weighted by atomic mass is 10.2. The van der Waals surface area contributed by atoms with Crippen molar-refractivity contribution in [3.05, 3.63) is 22.0 Å². The molecule has 60 valence electrons. The van der Waals surface area contributed by atoms with Crippen LogP contribution in [0.5, 0.6) is 0 Å². The van der Waals surface area contributed by atoms with Gasteiger partial charge in [0.25, 0.3) is 0 Å². The second-order valence-corrected chi connectivity index (χ2v) is 4.47. The van der Waals surface area contributed by atoms with Gasteiger partial charge in [0.1, 0.15) is 0 Å². The zero-order valence-corrected chi connectivity index (χ0v) is 8.55. The van der Waals surface area contributed by atoms with Gasteiger partial charge in [0.2, 0.25) is 0 Å². The number of hydrogen-bond acceptors (Lipinski definition) is 3. The van der Waals surface area contributed by atoms with E-state index in [-0.39, 0.29) is 0 Å². The van der Waals surface area contributed by atoms with Gasteiger partial charge in [-0.2, -0.15) is 0 Å². The zero-order chi connectivity index (χ0) is 8.27. The van der Waals surface area contributed by atoms with Crippen molar-refractivity contribution in [1.29, 1.82) is 0 Å². The Balaban J connectivity index is 2.75. The second-order valence-electron chi connectivity index (χ2n) is 2.35. The van der Waals surface area contributed by atoms with E-state index in [0.717, 1.165) is 5.71 Å². The predicted molar refractivity (Wildman–Crippen MR) is 56.1 cm³/mol. The van der Waals surface area contributed by atoms with Gasteiger partial charge in [-0.15, -0.1) is 0 Å². The van der Waals surface area contributed by atoms with E-state index in [1.165, 1.54) is 10.5 Å². The molecule has 0 atom stereocenters. The fraction of sp³-hybridized carbons (Fsp3) is 0.375. The molecule has 1 nitrogen and oxygen atoms in total. The van der Waals surface area contributed by atoms with Gasteiger partial charge in [0, 0.05) is 17.7 Å². The number of allylic oxidation sites excluding steroid dienone is 2. The van der Waals surface area contributed by atoms with Crippen molar-refractivity contribution in [3.63, 3.8) is 0 Å². The number of aliphatic imine (C=N–C) groups is 1. The minimum atomic E-state index is 1.09. The zero-order valence-electron chi connectivity index (χ0n) is 6.92. The van der Waals surface area contributed by atoms with Gasteiger partial charge in [-0.25, -0.2) is 0 Å². The van der Waals surface area contributed by atoms with Crippen LogP contribution in [0.2, 0.25) is 0 Å². The lowest BCUT2D eigenvalue weighted by Gasteiger charge is -1.95. The van der Waals surface area contributed by atoms with Crippen LogP contribution in [0.4, 0.5) is 0 Å². The third kappa shape index (κ3) is 2.42. The molecular weight excluding hydrogens is 174 g/mol. The standard InChI is InChI=1S/C8H11NS2/c1-6-5-10-11-8(6)4-7(2)9-3/h4-5H,1-3H3/b8-4-,9-7?. The molecule has 0 fully saturated rings. The van der Waals surface area contributed by atoms with E-state index >= 15 is 0 Å². The highest BCUT2D eigenvalue weighted by atomic mass is 33.1. The van der Waals surface area contributed by atoms with Crippen LogP contribution in [0.25, 0.3) is 0 Å². The molecule has 1 heterocycles. The first kappa shape index (κ1) is 8.94. The molecule has 0 aliphatic carbocycles. The second kappa shape index (κ2) is 4.02. The van der Waals surface area contributed by atoms with Crippen LogP contribution in [0.15, 0.2) is 27.0 Å². The summed E-state index contributed by atoms with van der Waals surface area (Å²) in [6, 6.07) is 0. The molecule has 0 aromatic carbocycles. The summed E-state index contributed by atoms with van der Waals surface area (Å²) in [6.07, 6.45) is 2.12. The van der Waals surface area contributed by atoms with E-state index in [1.54, 1.807) is 21.6 Å². The van der Waals surface area contributed by atoms with Crippen LogP contribution in [0.1, 0.15) is 13.8 Å². The first-order chi connectivity index (χ1) is 5.24. The van der Waals surface area contributed by atoms with E-state index < -0.39 is 0 Å². The average molecular weight is 185 g/mol. The lowest BCUT2D eigenvalue weighted by molar-refractivity contribution is 1.42. The van der Waals surface area contributed by atoms with Gasteiger partial charge in [-0.3, -0.25) is 4.99 Å². The van der Waals surface area contributed by atoms with Crippen LogP contribution in [-0.2, 0) is 0 Å². The van der Waals surface area contributed by atoms with Crippen molar-refractivity contribution in [2.24, 2.45) is 4.99 Å². The summed E-state index contributed by atoms with van der Waals surface area (Å²) in [6.45, 7) is 4.14. The van der Waals surface area contributed by atoms with Gasteiger partial charge in [-0.05, 0) is 30.9 Å². The molecule has 0 saturated carbocycles. The summed E-state index contributed by atoms with van der Waals surface area (Å²) in [7, 11) is 5.39. The monoisotopic (exact) mass is 185 g/mol. The van der Waals surface area contributed by atoms with Crippen molar-refractivity contribution in [3.8, 4) is 0 Å². The van der Waals surface area contributed by atoms with Gasteiger partial charge < -0.3 is 0 Å². The van der Waals surface area contributed by atoms with Crippen molar-refractivity contribution in [2.45, 2.75) is 13.8 Å². The summed E-state index contributed by atoms with van der Waals surface area (Å²) < 4.78 is 0. The van der Waals surface area contributed by atoms with E-state index in [9.17, 15) is 0 Å². The maximum absolute atomic E-state index is 4.08. The van der Waals surface area contributed by atoms with Gasteiger partial charge in [0.15, 0.2) is 0 Å². The molecule has 0 radical (unpaired) electrons. The molecule has 0 N–H and O–H groups in total. The topological polar surface area (TPSA) is 12.4 Å². The van der Waals surface area contributed by atoms with Crippen molar-refractivity contribution < 1.29 is 0 Å². The summed E-state index contributed by atoms with van der Waals surface area (Å²) >= 11 is 0. The predicted octanol–water partition coefficient (Wildman–Crippen LogP) is 3.26. The summed E-state index contributed by atoms with van der Waals surface area (Å²) in [5, 5.41) is 2.17. The Labute approximate surface area is 75.5 Å². The molecule has 1 aliphatic rings. The van der Waals surface area contributed by atoms with Crippen LogP contribution >= 0.6 is 21.6 Å². The third-order valence-electron chi connectivity index (χ3n) is 1.44. The fourth-order valence-electron chi connectivity index (χ4n) is 0.664.